The van der Waals surface area contributed by atoms with Crippen LogP contribution in [0.4, 0.5) is 0 Å². The average Bonchev–Trinajstić information content (AvgIpc) is 2.27. The van der Waals surface area contributed by atoms with Gasteiger partial charge in [-0.05, 0) is 24.1 Å². The Morgan fingerprint density at radius 1 is 1.00 bits per heavy atom. The molecule has 0 rings (SSSR count). The summed E-state index contributed by atoms with van der Waals surface area (Å²) < 4.78 is 0. The molecule has 0 aromatic carbocycles. The SMILES string of the molecule is C=C\C=C/C=C(C)/C(C=C)=C(N)/C=C\C=C. The third-order valence-corrected chi connectivity index (χ3v) is 1.95. The molecule has 0 unspecified atom stereocenters. The number of hydrogen-bond acceptors (Lipinski definition) is 1. The summed E-state index contributed by atoms with van der Waals surface area (Å²) in [4.78, 5) is 0. The highest BCUT2D eigenvalue weighted by Gasteiger charge is 1.98. The van der Waals surface area contributed by atoms with Crippen molar-refractivity contribution in [3.63, 3.8) is 0 Å². The summed E-state index contributed by atoms with van der Waals surface area (Å²) in [6.45, 7) is 12.9. The largest absolute Gasteiger partial charge is 0.398 e. The molecule has 0 aliphatic heterocycles. The van der Waals surface area contributed by atoms with E-state index in [9.17, 15) is 0 Å². The van der Waals surface area contributed by atoms with Gasteiger partial charge in [-0.25, -0.2) is 0 Å². The Bertz CT molecular complexity index is 376. The number of allylic oxidation sites excluding steroid dienone is 10. The van der Waals surface area contributed by atoms with Crippen molar-refractivity contribution < 1.29 is 0 Å². The maximum Gasteiger partial charge on any atom is 0.0390 e. The van der Waals surface area contributed by atoms with Gasteiger partial charge in [0.25, 0.3) is 0 Å². The van der Waals surface area contributed by atoms with Gasteiger partial charge in [-0.1, -0.05) is 62.3 Å². The monoisotopic (exact) mass is 213 g/mol. The van der Waals surface area contributed by atoms with Gasteiger partial charge < -0.3 is 5.73 Å². The second-order valence-electron chi connectivity index (χ2n) is 3.14. The smallest absolute Gasteiger partial charge is 0.0390 e. The van der Waals surface area contributed by atoms with Crippen LogP contribution in [0, 0.1) is 0 Å². The Balaban J connectivity index is 5.11. The Hall–Kier alpha value is -2.02. The van der Waals surface area contributed by atoms with E-state index in [2.05, 4.69) is 19.7 Å². The number of rotatable bonds is 6. The normalized spacial score (nSPS) is 13.9. The summed E-state index contributed by atoms with van der Waals surface area (Å²) in [5.74, 6) is 0. The third kappa shape index (κ3) is 5.01. The first-order chi connectivity index (χ1) is 7.67. The predicted octanol–water partition coefficient (Wildman–Crippen LogP) is 3.82. The number of hydrogen-bond donors (Lipinski definition) is 1. The van der Waals surface area contributed by atoms with Gasteiger partial charge in [0.15, 0.2) is 0 Å². The maximum atomic E-state index is 5.91. The fourth-order valence-corrected chi connectivity index (χ4v) is 1.14. The standard InChI is InChI=1S/C15H19N/c1-5-8-10-11-13(4)14(7-3)15(16)12-9-6-2/h5-12H,1-3,16H2,4H3/b10-8-,12-9-,13-11+,15-14-. The molecule has 0 fully saturated rings. The second kappa shape index (κ2) is 8.30. The van der Waals surface area contributed by atoms with Gasteiger partial charge in [-0.15, -0.1) is 0 Å². The van der Waals surface area contributed by atoms with Gasteiger partial charge in [-0.2, -0.15) is 0 Å². The first-order valence-corrected chi connectivity index (χ1v) is 5.05. The van der Waals surface area contributed by atoms with Gasteiger partial charge in [0.2, 0.25) is 0 Å². The molecule has 1 heteroatoms. The van der Waals surface area contributed by atoms with Crippen molar-refractivity contribution in [1.29, 1.82) is 0 Å². The highest BCUT2D eigenvalue weighted by molar-refractivity contribution is 5.45. The summed E-state index contributed by atoms with van der Waals surface area (Å²) in [7, 11) is 0. The zero-order valence-corrected chi connectivity index (χ0v) is 9.82. The zero-order valence-electron chi connectivity index (χ0n) is 9.82. The Labute approximate surface area is 98.4 Å². The molecule has 2 N–H and O–H groups in total. The fraction of sp³-hybridized carbons (Fsp3) is 0.0667. The van der Waals surface area contributed by atoms with E-state index in [1.54, 1.807) is 30.4 Å². The van der Waals surface area contributed by atoms with Crippen molar-refractivity contribution in [3.05, 3.63) is 85.2 Å². The third-order valence-electron chi connectivity index (χ3n) is 1.95. The van der Waals surface area contributed by atoms with E-state index in [0.29, 0.717) is 5.70 Å². The summed E-state index contributed by atoms with van der Waals surface area (Å²) >= 11 is 0. The summed E-state index contributed by atoms with van der Waals surface area (Å²) in [6.07, 6.45) is 14.5. The molecule has 0 heterocycles. The van der Waals surface area contributed by atoms with Gasteiger partial charge >= 0.3 is 0 Å². The fourth-order valence-electron chi connectivity index (χ4n) is 1.14. The molecular formula is C15H19N. The van der Waals surface area contributed by atoms with Gasteiger partial charge in [0.05, 0.1) is 0 Å². The molecule has 0 atom stereocenters. The molecule has 0 aromatic heterocycles. The van der Waals surface area contributed by atoms with Crippen LogP contribution < -0.4 is 5.73 Å². The minimum absolute atomic E-state index is 0.677. The van der Waals surface area contributed by atoms with Crippen LogP contribution in [0.15, 0.2) is 85.2 Å². The van der Waals surface area contributed by atoms with E-state index in [1.165, 1.54) is 0 Å². The van der Waals surface area contributed by atoms with E-state index in [0.717, 1.165) is 11.1 Å². The topological polar surface area (TPSA) is 26.0 Å². The molecule has 0 aliphatic rings. The summed E-state index contributed by atoms with van der Waals surface area (Å²) in [5, 5.41) is 0. The Morgan fingerprint density at radius 3 is 2.12 bits per heavy atom. The van der Waals surface area contributed by atoms with Crippen LogP contribution in [0.2, 0.25) is 0 Å². The van der Waals surface area contributed by atoms with Crippen LogP contribution in [0.25, 0.3) is 0 Å². The van der Waals surface area contributed by atoms with Crippen molar-refractivity contribution in [2.24, 2.45) is 5.73 Å². The minimum atomic E-state index is 0.677. The van der Waals surface area contributed by atoms with E-state index >= 15 is 0 Å². The van der Waals surface area contributed by atoms with Crippen molar-refractivity contribution in [2.75, 3.05) is 0 Å². The average molecular weight is 213 g/mol. The molecule has 84 valence electrons. The van der Waals surface area contributed by atoms with Crippen molar-refractivity contribution in [1.82, 2.24) is 0 Å². The van der Waals surface area contributed by atoms with E-state index in [-0.39, 0.29) is 0 Å². The van der Waals surface area contributed by atoms with Gasteiger partial charge in [-0.3, -0.25) is 0 Å². The van der Waals surface area contributed by atoms with Crippen LogP contribution >= 0.6 is 0 Å². The van der Waals surface area contributed by atoms with Crippen LogP contribution in [-0.2, 0) is 0 Å². The summed E-state index contributed by atoms with van der Waals surface area (Å²) in [5.41, 5.74) is 8.56. The molecule has 0 radical (unpaired) electrons. The lowest BCUT2D eigenvalue weighted by molar-refractivity contribution is 1.31. The maximum absolute atomic E-state index is 5.91. The molecule has 0 spiro atoms. The van der Waals surface area contributed by atoms with Crippen molar-refractivity contribution in [3.8, 4) is 0 Å². The predicted molar refractivity (Wildman–Crippen MR) is 73.8 cm³/mol. The van der Waals surface area contributed by atoms with E-state index in [4.69, 9.17) is 5.73 Å². The molecule has 16 heavy (non-hydrogen) atoms. The van der Waals surface area contributed by atoms with E-state index in [1.807, 2.05) is 25.2 Å². The molecule has 1 nitrogen and oxygen atoms in total. The van der Waals surface area contributed by atoms with Crippen LogP contribution in [0.1, 0.15) is 6.92 Å². The molecule has 0 aliphatic carbocycles. The molecule has 0 saturated heterocycles. The summed E-state index contributed by atoms with van der Waals surface area (Å²) in [6, 6.07) is 0. The Kier molecular flexibility index (Phi) is 7.25. The zero-order chi connectivity index (χ0) is 12.4. The first kappa shape index (κ1) is 14.0. The second-order valence-corrected chi connectivity index (χ2v) is 3.14. The van der Waals surface area contributed by atoms with Gasteiger partial charge in [0.1, 0.15) is 0 Å². The quantitative estimate of drug-likeness (QED) is 0.667. The molecule has 0 bridgehead atoms. The molecular weight excluding hydrogens is 194 g/mol. The van der Waals surface area contributed by atoms with Crippen molar-refractivity contribution in [2.45, 2.75) is 6.92 Å². The number of nitrogens with two attached hydrogens (primary N) is 1. The van der Waals surface area contributed by atoms with Crippen LogP contribution in [0.3, 0.4) is 0 Å². The van der Waals surface area contributed by atoms with Crippen LogP contribution in [0.5, 0.6) is 0 Å². The minimum Gasteiger partial charge on any atom is -0.398 e. The first-order valence-electron chi connectivity index (χ1n) is 5.05. The van der Waals surface area contributed by atoms with E-state index < -0.39 is 0 Å². The molecule has 0 aromatic rings. The lowest BCUT2D eigenvalue weighted by atomic mass is 10.0. The highest BCUT2D eigenvalue weighted by Crippen LogP contribution is 2.14. The van der Waals surface area contributed by atoms with Crippen molar-refractivity contribution >= 4 is 0 Å². The van der Waals surface area contributed by atoms with Crippen LogP contribution in [-0.4, -0.2) is 0 Å². The lowest BCUT2D eigenvalue weighted by Gasteiger charge is -2.04. The molecule has 0 amide bonds. The Morgan fingerprint density at radius 2 is 1.62 bits per heavy atom. The highest BCUT2D eigenvalue weighted by atomic mass is 14.6. The molecule has 0 saturated carbocycles. The lowest BCUT2D eigenvalue weighted by Crippen LogP contribution is -1.99. The van der Waals surface area contributed by atoms with Gasteiger partial charge in [0, 0.05) is 5.70 Å².